The van der Waals surface area contributed by atoms with E-state index in [1.807, 2.05) is 25.3 Å². The van der Waals surface area contributed by atoms with Gasteiger partial charge in [0, 0.05) is 86.6 Å². The standard InChI is InChI=1S/C34H36F3N7O/c1-23-6-9-29(39-32(45)25-4-3-5-27(18-25)34(35,36)37)19-31(23)44-13-12-30-26(22-44)20-38-33(41-30)40-28-10-7-24(8-11-28)21-43-16-14-42(2)15-17-43/h3-11,18-20H,12-17,21-22H2,1-2H3,(H,39,45)(H,38,40,41). The summed E-state index contributed by atoms with van der Waals surface area (Å²) in [6, 6.07) is 18.4. The first-order valence-electron chi connectivity index (χ1n) is 15.1. The van der Waals surface area contributed by atoms with Gasteiger partial charge in [0.1, 0.15) is 0 Å². The van der Waals surface area contributed by atoms with Crippen LogP contribution < -0.4 is 15.5 Å². The van der Waals surface area contributed by atoms with Crippen LogP contribution in [0.25, 0.3) is 0 Å². The monoisotopic (exact) mass is 615 g/mol. The van der Waals surface area contributed by atoms with Gasteiger partial charge in [-0.15, -0.1) is 0 Å². The van der Waals surface area contributed by atoms with Gasteiger partial charge in [-0.05, 0) is 67.6 Å². The molecular formula is C34H36F3N7O. The van der Waals surface area contributed by atoms with Gasteiger partial charge in [0.2, 0.25) is 5.95 Å². The van der Waals surface area contributed by atoms with Crippen LogP contribution in [-0.2, 0) is 25.7 Å². The molecule has 1 aromatic heterocycles. The molecule has 6 rings (SSSR count). The van der Waals surface area contributed by atoms with E-state index in [0.29, 0.717) is 18.2 Å². The lowest BCUT2D eigenvalue weighted by molar-refractivity contribution is -0.137. The summed E-state index contributed by atoms with van der Waals surface area (Å²) >= 11 is 0. The Hall–Kier alpha value is -4.48. The van der Waals surface area contributed by atoms with Gasteiger partial charge in [-0.1, -0.05) is 24.3 Å². The van der Waals surface area contributed by atoms with E-state index >= 15 is 0 Å². The molecule has 0 saturated carbocycles. The molecule has 45 heavy (non-hydrogen) atoms. The van der Waals surface area contributed by atoms with E-state index in [1.165, 1.54) is 17.7 Å². The van der Waals surface area contributed by atoms with Crippen molar-refractivity contribution < 1.29 is 18.0 Å². The van der Waals surface area contributed by atoms with Gasteiger partial charge in [-0.2, -0.15) is 13.2 Å². The predicted octanol–water partition coefficient (Wildman–Crippen LogP) is 6.11. The number of aromatic nitrogens is 2. The SMILES string of the molecule is Cc1ccc(NC(=O)c2cccc(C(F)(F)F)c2)cc1N1CCc2nc(Nc3ccc(CN4CCN(C)CC4)cc3)ncc2C1. The van der Waals surface area contributed by atoms with Gasteiger partial charge in [-0.3, -0.25) is 9.69 Å². The highest BCUT2D eigenvalue weighted by Gasteiger charge is 2.31. The van der Waals surface area contributed by atoms with Crippen molar-refractivity contribution in [3.8, 4) is 0 Å². The Labute approximate surface area is 260 Å². The van der Waals surface area contributed by atoms with Crippen molar-refractivity contribution >= 4 is 28.9 Å². The number of halogens is 3. The topological polar surface area (TPSA) is 76.6 Å². The maximum atomic E-state index is 13.1. The van der Waals surface area contributed by atoms with Crippen molar-refractivity contribution in [2.75, 3.05) is 55.3 Å². The molecule has 2 aliphatic rings. The zero-order valence-electron chi connectivity index (χ0n) is 25.4. The first-order valence-corrected chi connectivity index (χ1v) is 15.1. The molecule has 0 radical (unpaired) electrons. The van der Waals surface area contributed by atoms with E-state index < -0.39 is 17.6 Å². The lowest BCUT2D eigenvalue weighted by Gasteiger charge is -2.32. The highest BCUT2D eigenvalue weighted by Crippen LogP contribution is 2.31. The number of aryl methyl sites for hydroxylation is 1. The molecule has 2 N–H and O–H groups in total. The third-order valence-electron chi connectivity index (χ3n) is 8.41. The summed E-state index contributed by atoms with van der Waals surface area (Å²) in [7, 11) is 2.16. The summed E-state index contributed by atoms with van der Waals surface area (Å²) in [5.74, 6) is -0.0394. The van der Waals surface area contributed by atoms with Gasteiger partial charge >= 0.3 is 6.18 Å². The van der Waals surface area contributed by atoms with E-state index in [-0.39, 0.29) is 5.56 Å². The molecule has 3 aromatic carbocycles. The minimum Gasteiger partial charge on any atom is -0.366 e. The maximum Gasteiger partial charge on any atom is 0.416 e. The van der Waals surface area contributed by atoms with Gasteiger partial charge in [0.25, 0.3) is 5.91 Å². The van der Waals surface area contributed by atoms with Crippen molar-refractivity contribution in [2.24, 2.45) is 0 Å². The van der Waals surface area contributed by atoms with Crippen LogP contribution in [0.1, 0.15) is 38.3 Å². The molecule has 1 amide bonds. The molecule has 0 unspecified atom stereocenters. The molecule has 1 fully saturated rings. The molecule has 0 bridgehead atoms. The average Bonchev–Trinajstić information content (AvgIpc) is 3.03. The number of fused-ring (bicyclic) bond motifs is 1. The number of nitrogens with one attached hydrogen (secondary N) is 2. The third-order valence-corrected chi connectivity index (χ3v) is 8.41. The minimum absolute atomic E-state index is 0.0537. The number of alkyl halides is 3. The summed E-state index contributed by atoms with van der Waals surface area (Å²) in [4.78, 5) is 29.2. The maximum absolute atomic E-state index is 13.1. The number of likely N-dealkylation sites (N-methyl/N-ethyl adjacent to an activating group) is 1. The molecule has 234 valence electrons. The molecule has 0 atom stereocenters. The fraction of sp³-hybridized carbons (Fsp3) is 0.324. The van der Waals surface area contributed by atoms with Crippen LogP contribution in [0.5, 0.6) is 0 Å². The number of amides is 1. The highest BCUT2D eigenvalue weighted by atomic mass is 19.4. The fourth-order valence-electron chi connectivity index (χ4n) is 5.74. The van der Waals surface area contributed by atoms with E-state index in [1.54, 1.807) is 6.07 Å². The lowest BCUT2D eigenvalue weighted by Crippen LogP contribution is -2.43. The van der Waals surface area contributed by atoms with Gasteiger partial charge < -0.3 is 20.4 Å². The van der Waals surface area contributed by atoms with Crippen LogP contribution in [-0.4, -0.2) is 65.4 Å². The normalized spacial score (nSPS) is 15.9. The highest BCUT2D eigenvalue weighted by molar-refractivity contribution is 6.04. The quantitative estimate of drug-likeness (QED) is 0.260. The number of hydrogen-bond donors (Lipinski definition) is 2. The largest absolute Gasteiger partial charge is 0.416 e. The summed E-state index contributed by atoms with van der Waals surface area (Å²) < 4.78 is 39.4. The predicted molar refractivity (Wildman–Crippen MR) is 170 cm³/mol. The van der Waals surface area contributed by atoms with Gasteiger partial charge in [0.15, 0.2) is 0 Å². The number of rotatable bonds is 7. The first-order chi connectivity index (χ1) is 21.6. The van der Waals surface area contributed by atoms with Crippen LogP contribution >= 0.6 is 0 Å². The molecule has 11 heteroatoms. The molecule has 3 heterocycles. The minimum atomic E-state index is -4.52. The Kier molecular flexibility index (Phi) is 8.73. The van der Waals surface area contributed by atoms with Crippen LogP contribution in [0.2, 0.25) is 0 Å². The molecule has 1 saturated heterocycles. The number of anilines is 4. The number of hydrogen-bond acceptors (Lipinski definition) is 7. The number of benzene rings is 3. The Morgan fingerprint density at radius 2 is 1.69 bits per heavy atom. The molecule has 0 aliphatic carbocycles. The number of carbonyl (C=O) groups excluding carboxylic acids is 1. The second-order valence-corrected chi connectivity index (χ2v) is 11.8. The molecular weight excluding hydrogens is 579 g/mol. The molecule has 0 spiro atoms. The van der Waals surface area contributed by atoms with E-state index in [9.17, 15) is 18.0 Å². The summed E-state index contributed by atoms with van der Waals surface area (Å²) in [6.45, 7) is 8.63. The Morgan fingerprint density at radius 1 is 0.933 bits per heavy atom. The zero-order valence-corrected chi connectivity index (χ0v) is 25.4. The average molecular weight is 616 g/mol. The second kappa shape index (κ2) is 12.9. The fourth-order valence-corrected chi connectivity index (χ4v) is 5.74. The van der Waals surface area contributed by atoms with Gasteiger partial charge in [-0.25, -0.2) is 9.97 Å². The molecule has 8 nitrogen and oxygen atoms in total. The lowest BCUT2D eigenvalue weighted by atomic mass is 10.0. The van der Waals surface area contributed by atoms with Crippen molar-refractivity contribution in [3.05, 3.63) is 106 Å². The summed E-state index contributed by atoms with van der Waals surface area (Å²) in [5, 5.41) is 6.08. The van der Waals surface area contributed by atoms with Crippen molar-refractivity contribution in [1.82, 2.24) is 19.8 Å². The zero-order chi connectivity index (χ0) is 31.6. The second-order valence-electron chi connectivity index (χ2n) is 11.8. The smallest absolute Gasteiger partial charge is 0.366 e. The van der Waals surface area contributed by atoms with Crippen LogP contribution in [0.15, 0.2) is 72.9 Å². The Bertz CT molecular complexity index is 1670. The Morgan fingerprint density at radius 3 is 2.44 bits per heavy atom. The summed E-state index contributed by atoms with van der Waals surface area (Å²) in [5.41, 5.74) is 5.78. The van der Waals surface area contributed by atoms with Crippen LogP contribution in [0, 0.1) is 6.92 Å². The number of nitrogens with zero attached hydrogens (tertiary/aromatic N) is 5. The number of carbonyl (C=O) groups is 1. The number of piperazine rings is 1. The van der Waals surface area contributed by atoms with Gasteiger partial charge in [0.05, 0.1) is 11.3 Å². The van der Waals surface area contributed by atoms with Crippen molar-refractivity contribution in [2.45, 2.75) is 32.6 Å². The molecule has 4 aromatic rings. The summed E-state index contributed by atoms with van der Waals surface area (Å²) in [6.07, 6.45) is -1.95. The van der Waals surface area contributed by atoms with E-state index in [2.05, 4.69) is 61.6 Å². The van der Waals surface area contributed by atoms with E-state index in [0.717, 1.165) is 86.0 Å². The first kappa shape index (κ1) is 30.5. The van der Waals surface area contributed by atoms with Crippen molar-refractivity contribution in [1.29, 1.82) is 0 Å². The van der Waals surface area contributed by atoms with Crippen LogP contribution in [0.4, 0.5) is 36.2 Å². The Balaban J connectivity index is 1.08. The third kappa shape index (κ3) is 7.43. The van der Waals surface area contributed by atoms with E-state index in [4.69, 9.17) is 4.98 Å². The molecule has 2 aliphatic heterocycles. The van der Waals surface area contributed by atoms with Crippen molar-refractivity contribution in [3.63, 3.8) is 0 Å². The van der Waals surface area contributed by atoms with Crippen LogP contribution in [0.3, 0.4) is 0 Å².